The third kappa shape index (κ3) is 4.65. The van der Waals surface area contributed by atoms with Crippen molar-refractivity contribution in [1.29, 1.82) is 5.26 Å². The predicted octanol–water partition coefficient (Wildman–Crippen LogP) is 3.56. The molecule has 0 aliphatic rings. The summed E-state index contributed by atoms with van der Waals surface area (Å²) in [6.07, 6.45) is -0.290. The van der Waals surface area contributed by atoms with Crippen molar-refractivity contribution in [1.82, 2.24) is 0 Å². The minimum atomic E-state index is -4.51. The van der Waals surface area contributed by atoms with E-state index in [1.807, 2.05) is 0 Å². The average Bonchev–Trinajstić information content (AvgIpc) is 2.32. The van der Waals surface area contributed by atoms with Crippen molar-refractivity contribution in [2.45, 2.75) is 28.6 Å². The third-order valence-corrected chi connectivity index (χ3v) is 3.42. The smallest absolute Gasteiger partial charge is 0.446 e. The first-order chi connectivity index (χ1) is 9.28. The molecule has 0 unspecified atom stereocenters. The molecule has 3 nitrogen and oxygen atoms in total. The van der Waals surface area contributed by atoms with Crippen molar-refractivity contribution < 1.29 is 22.7 Å². The van der Waals surface area contributed by atoms with E-state index in [1.165, 1.54) is 6.07 Å². The van der Waals surface area contributed by atoms with Gasteiger partial charge in [0.05, 0.1) is 18.6 Å². The van der Waals surface area contributed by atoms with Crippen molar-refractivity contribution >= 4 is 30.4 Å². The highest BCUT2D eigenvalue weighted by Crippen LogP contribution is 2.40. The number of rotatable bonds is 4. The lowest BCUT2D eigenvalue weighted by Crippen LogP contribution is -2.10. The zero-order chi connectivity index (χ0) is 15.3. The zero-order valence-electron chi connectivity index (χ0n) is 10.3. The molecule has 0 aliphatic carbocycles. The molecule has 0 saturated heterocycles. The summed E-state index contributed by atoms with van der Waals surface area (Å²) >= 11 is 3.68. The average molecular weight is 321 g/mol. The highest BCUT2D eigenvalue weighted by molar-refractivity contribution is 8.00. The lowest BCUT2D eigenvalue weighted by atomic mass is 10.1. The number of ether oxygens (including phenoxy) is 1. The summed E-state index contributed by atoms with van der Waals surface area (Å²) in [5.74, 6) is -0.617. The second-order valence-corrected chi connectivity index (χ2v) is 5.17. The van der Waals surface area contributed by atoms with E-state index in [-0.39, 0.29) is 33.9 Å². The largest absolute Gasteiger partial charge is 0.466 e. The summed E-state index contributed by atoms with van der Waals surface area (Å²) in [6.45, 7) is 1.76. The van der Waals surface area contributed by atoms with E-state index in [0.717, 1.165) is 6.07 Å². The van der Waals surface area contributed by atoms with E-state index in [0.29, 0.717) is 0 Å². The molecule has 0 atom stereocenters. The molecule has 0 radical (unpaired) electrons. The van der Waals surface area contributed by atoms with Gasteiger partial charge in [0, 0.05) is 9.79 Å². The van der Waals surface area contributed by atoms with Crippen LogP contribution in [0.1, 0.15) is 18.1 Å². The maximum atomic E-state index is 12.4. The number of nitrogens with zero attached hydrogens (tertiary/aromatic N) is 1. The third-order valence-electron chi connectivity index (χ3n) is 2.21. The molecular formula is C12H10F3NO2S2. The van der Waals surface area contributed by atoms with Crippen LogP contribution in [-0.2, 0) is 16.0 Å². The number of benzene rings is 1. The van der Waals surface area contributed by atoms with Crippen LogP contribution < -0.4 is 0 Å². The molecule has 108 valence electrons. The van der Waals surface area contributed by atoms with Gasteiger partial charge in [-0.05, 0) is 36.4 Å². The molecule has 0 fully saturated rings. The maximum absolute atomic E-state index is 12.4. The molecule has 0 heterocycles. The summed E-state index contributed by atoms with van der Waals surface area (Å²) in [5, 5.41) is 9.05. The fourth-order valence-corrected chi connectivity index (χ4v) is 2.40. The van der Waals surface area contributed by atoms with Crippen LogP contribution >= 0.6 is 24.4 Å². The van der Waals surface area contributed by atoms with Gasteiger partial charge >= 0.3 is 11.5 Å². The van der Waals surface area contributed by atoms with Crippen molar-refractivity contribution in [2.75, 3.05) is 6.61 Å². The Balaban J connectivity index is 3.19. The second-order valence-electron chi connectivity index (χ2n) is 3.58. The number of carbonyl (C=O) groups excluding carboxylic acids is 1. The number of hydrogen-bond donors (Lipinski definition) is 1. The first-order valence-corrected chi connectivity index (χ1v) is 6.71. The second kappa shape index (κ2) is 6.90. The molecule has 20 heavy (non-hydrogen) atoms. The summed E-state index contributed by atoms with van der Waals surface area (Å²) in [4.78, 5) is 11.5. The van der Waals surface area contributed by atoms with Gasteiger partial charge in [-0.15, -0.1) is 12.6 Å². The molecular weight excluding hydrogens is 311 g/mol. The van der Waals surface area contributed by atoms with Crippen molar-refractivity contribution in [2.24, 2.45) is 0 Å². The fourth-order valence-electron chi connectivity index (χ4n) is 1.48. The molecule has 0 amide bonds. The van der Waals surface area contributed by atoms with Gasteiger partial charge < -0.3 is 4.74 Å². The molecule has 1 rings (SSSR count). The predicted molar refractivity (Wildman–Crippen MR) is 70.7 cm³/mol. The Morgan fingerprint density at radius 2 is 2.15 bits per heavy atom. The van der Waals surface area contributed by atoms with Crippen LogP contribution in [0.4, 0.5) is 13.2 Å². The summed E-state index contributed by atoms with van der Waals surface area (Å²) in [6, 6.07) is 4.18. The summed E-state index contributed by atoms with van der Waals surface area (Å²) in [7, 11) is 0. The summed E-state index contributed by atoms with van der Waals surface area (Å²) < 4.78 is 42.0. The highest BCUT2D eigenvalue weighted by Gasteiger charge is 2.31. The Labute approximate surface area is 123 Å². The number of nitriles is 1. The van der Waals surface area contributed by atoms with Crippen molar-refractivity contribution in [3.63, 3.8) is 0 Å². The van der Waals surface area contributed by atoms with Gasteiger partial charge in [-0.3, -0.25) is 4.79 Å². The first kappa shape index (κ1) is 16.7. The Bertz CT molecular complexity index is 553. The van der Waals surface area contributed by atoms with Crippen molar-refractivity contribution in [3.8, 4) is 6.07 Å². The van der Waals surface area contributed by atoms with Gasteiger partial charge in [-0.2, -0.15) is 18.4 Å². The standard InChI is InChI=1S/C12H10F3NO2S2/c1-2-18-11(17)5-7-8(6-16)10(4-3-9(7)19)20-12(13,14)15/h3-4,19H,2,5H2,1H3. The number of hydrogen-bond acceptors (Lipinski definition) is 5. The molecule has 1 aromatic rings. The van der Waals surface area contributed by atoms with Crippen LogP contribution in [0.25, 0.3) is 0 Å². The number of thiol groups is 1. The Morgan fingerprint density at radius 1 is 1.50 bits per heavy atom. The van der Waals surface area contributed by atoms with E-state index in [1.54, 1.807) is 13.0 Å². The number of alkyl halides is 3. The molecule has 0 aromatic heterocycles. The minimum Gasteiger partial charge on any atom is -0.466 e. The van der Waals surface area contributed by atoms with Crippen LogP contribution in [0.2, 0.25) is 0 Å². The Hall–Kier alpha value is -1.33. The number of thioether (sulfide) groups is 1. The lowest BCUT2D eigenvalue weighted by molar-refractivity contribution is -0.142. The number of esters is 1. The minimum absolute atomic E-state index is 0.142. The van der Waals surface area contributed by atoms with Crippen molar-refractivity contribution in [3.05, 3.63) is 23.3 Å². The van der Waals surface area contributed by atoms with Crippen LogP contribution in [0, 0.1) is 11.3 Å². The first-order valence-electron chi connectivity index (χ1n) is 5.44. The maximum Gasteiger partial charge on any atom is 0.446 e. The van der Waals surface area contributed by atoms with E-state index in [2.05, 4.69) is 12.6 Å². The van der Waals surface area contributed by atoms with Gasteiger partial charge in [0.25, 0.3) is 0 Å². The van der Waals surface area contributed by atoms with Gasteiger partial charge in [-0.1, -0.05) is 0 Å². The van der Waals surface area contributed by atoms with E-state index in [9.17, 15) is 18.0 Å². The highest BCUT2D eigenvalue weighted by atomic mass is 32.2. The van der Waals surface area contributed by atoms with Crippen LogP contribution in [0.3, 0.4) is 0 Å². The SMILES string of the molecule is CCOC(=O)Cc1c(S)ccc(SC(F)(F)F)c1C#N. The van der Waals surface area contributed by atoms with Crippen LogP contribution in [-0.4, -0.2) is 18.1 Å². The molecule has 0 bridgehead atoms. The van der Waals surface area contributed by atoms with Crippen LogP contribution in [0.5, 0.6) is 0 Å². The molecule has 0 aliphatic heterocycles. The normalized spacial score (nSPS) is 11.0. The number of carbonyl (C=O) groups is 1. The van der Waals surface area contributed by atoms with E-state index in [4.69, 9.17) is 10.00 Å². The van der Waals surface area contributed by atoms with Gasteiger partial charge in [-0.25, -0.2) is 0 Å². The fraction of sp³-hybridized carbons (Fsp3) is 0.333. The molecule has 0 spiro atoms. The number of halogens is 3. The lowest BCUT2D eigenvalue weighted by Gasteiger charge is -2.12. The van der Waals surface area contributed by atoms with Gasteiger partial charge in [0.2, 0.25) is 0 Å². The molecule has 1 aromatic carbocycles. The molecule has 0 N–H and O–H groups in total. The Kier molecular flexibility index (Phi) is 5.77. The van der Waals surface area contributed by atoms with E-state index >= 15 is 0 Å². The quantitative estimate of drug-likeness (QED) is 0.523. The van der Waals surface area contributed by atoms with Crippen LogP contribution in [0.15, 0.2) is 21.9 Å². The van der Waals surface area contributed by atoms with Gasteiger partial charge in [0.15, 0.2) is 0 Å². The topological polar surface area (TPSA) is 50.1 Å². The van der Waals surface area contributed by atoms with Gasteiger partial charge in [0.1, 0.15) is 6.07 Å². The van der Waals surface area contributed by atoms with E-state index < -0.39 is 23.2 Å². The molecule has 0 saturated carbocycles. The Morgan fingerprint density at radius 3 is 2.65 bits per heavy atom. The zero-order valence-corrected chi connectivity index (χ0v) is 12.0. The summed E-state index contributed by atoms with van der Waals surface area (Å²) in [5.41, 5.74) is -4.57. The molecule has 8 heteroatoms. The monoisotopic (exact) mass is 321 g/mol.